The van der Waals surface area contributed by atoms with Crippen LogP contribution in [0.4, 0.5) is 5.13 Å². The monoisotopic (exact) mass is 275 g/mol. The molecule has 2 aromatic rings. The van der Waals surface area contributed by atoms with E-state index >= 15 is 0 Å². The molecule has 19 heavy (non-hydrogen) atoms. The van der Waals surface area contributed by atoms with Crippen molar-refractivity contribution in [3.8, 4) is 0 Å². The Morgan fingerprint density at radius 2 is 2.00 bits per heavy atom. The number of anilines is 1. The minimum absolute atomic E-state index is 0.589. The maximum absolute atomic E-state index is 5.80. The second kappa shape index (κ2) is 6.68. The van der Waals surface area contributed by atoms with Crippen molar-refractivity contribution in [2.75, 3.05) is 11.9 Å². The fraction of sp³-hybridized carbons (Fsp3) is 0.400. The summed E-state index contributed by atoms with van der Waals surface area (Å²) >= 11 is 1.72. The van der Waals surface area contributed by atoms with Crippen LogP contribution in [0.1, 0.15) is 29.5 Å². The van der Waals surface area contributed by atoms with Gasteiger partial charge in [-0.1, -0.05) is 43.7 Å². The molecule has 2 N–H and O–H groups in total. The lowest BCUT2D eigenvalue weighted by Gasteiger charge is -2.15. The molecule has 0 atom stereocenters. The first-order valence-corrected chi connectivity index (χ1v) is 7.50. The predicted molar refractivity (Wildman–Crippen MR) is 82.5 cm³/mol. The number of benzene rings is 1. The second-order valence-electron chi connectivity index (χ2n) is 4.66. The van der Waals surface area contributed by atoms with Crippen LogP contribution in [-0.4, -0.2) is 12.0 Å². The van der Waals surface area contributed by atoms with Crippen LogP contribution in [0.5, 0.6) is 0 Å². The molecule has 4 heteroatoms. The second-order valence-corrected chi connectivity index (χ2v) is 5.72. The molecule has 0 saturated heterocycles. The number of nitrogens with two attached hydrogens (primary N) is 1. The van der Waals surface area contributed by atoms with Crippen LogP contribution in [0.15, 0.2) is 30.3 Å². The molecule has 0 amide bonds. The first kappa shape index (κ1) is 14.0. The van der Waals surface area contributed by atoms with E-state index in [9.17, 15) is 0 Å². The number of hydrogen-bond acceptors (Lipinski definition) is 4. The van der Waals surface area contributed by atoms with Crippen molar-refractivity contribution in [2.24, 2.45) is 5.73 Å². The Hall–Kier alpha value is -1.39. The molecule has 2 rings (SSSR count). The van der Waals surface area contributed by atoms with Crippen LogP contribution in [0, 0.1) is 0 Å². The molecule has 0 aliphatic heterocycles. The summed E-state index contributed by atoms with van der Waals surface area (Å²) in [4.78, 5) is 8.14. The van der Waals surface area contributed by atoms with E-state index in [0.717, 1.165) is 24.5 Å². The summed E-state index contributed by atoms with van der Waals surface area (Å²) in [7, 11) is 2.09. The average Bonchev–Trinajstić information content (AvgIpc) is 2.83. The minimum Gasteiger partial charge on any atom is -0.347 e. The minimum atomic E-state index is 0.589. The zero-order valence-electron chi connectivity index (χ0n) is 11.6. The van der Waals surface area contributed by atoms with E-state index in [1.165, 1.54) is 16.1 Å². The third kappa shape index (κ3) is 3.55. The largest absolute Gasteiger partial charge is 0.347 e. The highest BCUT2D eigenvalue weighted by Gasteiger charge is 2.12. The lowest BCUT2D eigenvalue weighted by molar-refractivity contribution is 0.854. The molecule has 0 saturated carbocycles. The first-order chi connectivity index (χ1) is 9.24. The molecule has 0 fully saturated rings. The number of aromatic nitrogens is 1. The Morgan fingerprint density at radius 1 is 1.26 bits per heavy atom. The van der Waals surface area contributed by atoms with Crippen LogP contribution >= 0.6 is 11.3 Å². The molecule has 1 heterocycles. The molecular formula is C15H21N3S. The fourth-order valence-corrected chi connectivity index (χ4v) is 2.99. The fourth-order valence-electron chi connectivity index (χ4n) is 2.05. The normalized spacial score (nSPS) is 10.7. The molecule has 0 radical (unpaired) electrons. The van der Waals surface area contributed by atoms with Crippen LogP contribution in [0.25, 0.3) is 0 Å². The van der Waals surface area contributed by atoms with Crippen molar-refractivity contribution >= 4 is 16.5 Å². The topological polar surface area (TPSA) is 42.2 Å². The van der Waals surface area contributed by atoms with Crippen molar-refractivity contribution in [2.45, 2.75) is 32.9 Å². The number of nitrogens with zero attached hydrogens (tertiary/aromatic N) is 2. The van der Waals surface area contributed by atoms with E-state index in [1.54, 1.807) is 11.3 Å². The molecule has 0 bridgehead atoms. The molecule has 1 aromatic heterocycles. The summed E-state index contributed by atoms with van der Waals surface area (Å²) in [6, 6.07) is 10.5. The summed E-state index contributed by atoms with van der Waals surface area (Å²) in [5, 5.41) is 1.06. The van der Waals surface area contributed by atoms with Gasteiger partial charge >= 0.3 is 0 Å². The Morgan fingerprint density at radius 3 is 2.63 bits per heavy atom. The van der Waals surface area contributed by atoms with E-state index in [4.69, 9.17) is 10.7 Å². The first-order valence-electron chi connectivity index (χ1n) is 6.68. The molecule has 102 valence electrons. The van der Waals surface area contributed by atoms with Crippen LogP contribution in [-0.2, 0) is 19.5 Å². The van der Waals surface area contributed by atoms with Gasteiger partial charge in [-0.25, -0.2) is 4.98 Å². The van der Waals surface area contributed by atoms with Crippen molar-refractivity contribution < 1.29 is 0 Å². The van der Waals surface area contributed by atoms with Crippen molar-refractivity contribution in [3.05, 3.63) is 46.5 Å². The number of aryl methyl sites for hydroxylation is 1. The third-order valence-corrected chi connectivity index (χ3v) is 4.26. The molecule has 3 nitrogen and oxygen atoms in total. The van der Waals surface area contributed by atoms with Gasteiger partial charge in [0, 0.05) is 25.0 Å². The van der Waals surface area contributed by atoms with Crippen molar-refractivity contribution in [1.82, 2.24) is 4.98 Å². The highest BCUT2D eigenvalue weighted by molar-refractivity contribution is 7.15. The quantitative estimate of drug-likeness (QED) is 0.880. The SMILES string of the molecule is CCCc1nc(N(C)Cc2ccccc2)sc1CN. The molecular weight excluding hydrogens is 254 g/mol. The van der Waals surface area contributed by atoms with Gasteiger partial charge in [-0.05, 0) is 12.0 Å². The molecule has 0 aliphatic rings. The van der Waals surface area contributed by atoms with E-state index in [0.29, 0.717) is 6.54 Å². The van der Waals surface area contributed by atoms with E-state index in [1.807, 2.05) is 6.07 Å². The molecule has 1 aromatic carbocycles. The summed E-state index contributed by atoms with van der Waals surface area (Å²) < 4.78 is 0. The smallest absolute Gasteiger partial charge is 0.185 e. The number of rotatable bonds is 6. The van der Waals surface area contributed by atoms with E-state index in [2.05, 4.69) is 43.1 Å². The highest BCUT2D eigenvalue weighted by Crippen LogP contribution is 2.27. The maximum atomic E-state index is 5.80. The Kier molecular flexibility index (Phi) is 4.93. The van der Waals surface area contributed by atoms with Crippen molar-refractivity contribution in [1.29, 1.82) is 0 Å². The number of thiazole rings is 1. The lowest BCUT2D eigenvalue weighted by Crippen LogP contribution is -2.16. The number of hydrogen-bond donors (Lipinski definition) is 1. The molecule has 0 spiro atoms. The van der Waals surface area contributed by atoms with Gasteiger partial charge < -0.3 is 10.6 Å². The lowest BCUT2D eigenvalue weighted by atomic mass is 10.2. The Balaban J connectivity index is 2.12. The summed E-state index contributed by atoms with van der Waals surface area (Å²) in [6.07, 6.45) is 2.13. The zero-order chi connectivity index (χ0) is 13.7. The van der Waals surface area contributed by atoms with Crippen LogP contribution in [0.2, 0.25) is 0 Å². The van der Waals surface area contributed by atoms with Gasteiger partial charge in [-0.3, -0.25) is 0 Å². The molecule has 0 unspecified atom stereocenters. The summed E-state index contributed by atoms with van der Waals surface area (Å²) in [5.74, 6) is 0. The van der Waals surface area contributed by atoms with Gasteiger partial charge in [-0.15, -0.1) is 11.3 Å². The van der Waals surface area contributed by atoms with Gasteiger partial charge in [0.15, 0.2) is 5.13 Å². The Labute approximate surface area is 119 Å². The summed E-state index contributed by atoms with van der Waals surface area (Å²) in [6.45, 7) is 3.64. The average molecular weight is 275 g/mol. The third-order valence-electron chi connectivity index (χ3n) is 3.03. The highest BCUT2D eigenvalue weighted by atomic mass is 32.1. The van der Waals surface area contributed by atoms with E-state index < -0.39 is 0 Å². The van der Waals surface area contributed by atoms with Gasteiger partial charge in [0.25, 0.3) is 0 Å². The predicted octanol–water partition coefficient (Wildman–Crippen LogP) is 3.19. The van der Waals surface area contributed by atoms with Gasteiger partial charge in [0.2, 0.25) is 0 Å². The Bertz CT molecular complexity index is 507. The standard InChI is InChI=1S/C15H21N3S/c1-3-7-13-14(10-16)19-15(17-13)18(2)11-12-8-5-4-6-9-12/h4-6,8-9H,3,7,10-11,16H2,1-2H3. The van der Waals surface area contributed by atoms with Gasteiger partial charge in [0.05, 0.1) is 5.69 Å². The van der Waals surface area contributed by atoms with Gasteiger partial charge in [-0.2, -0.15) is 0 Å². The molecule has 0 aliphatic carbocycles. The maximum Gasteiger partial charge on any atom is 0.185 e. The van der Waals surface area contributed by atoms with Crippen molar-refractivity contribution in [3.63, 3.8) is 0 Å². The summed E-state index contributed by atoms with van der Waals surface area (Å²) in [5.41, 5.74) is 8.27. The van der Waals surface area contributed by atoms with Gasteiger partial charge in [0.1, 0.15) is 0 Å². The van der Waals surface area contributed by atoms with E-state index in [-0.39, 0.29) is 0 Å². The van der Waals surface area contributed by atoms with Crippen LogP contribution in [0.3, 0.4) is 0 Å². The van der Waals surface area contributed by atoms with Crippen LogP contribution < -0.4 is 10.6 Å². The zero-order valence-corrected chi connectivity index (χ0v) is 12.4.